The normalized spacial score (nSPS) is 11.0. The van der Waals surface area contributed by atoms with E-state index < -0.39 is 0 Å². The van der Waals surface area contributed by atoms with Crippen molar-refractivity contribution >= 4 is 30.7 Å². The molecular formula is C14H21Cl2N5O. The molecule has 3 N–H and O–H groups in total. The summed E-state index contributed by atoms with van der Waals surface area (Å²) < 4.78 is 1.89. The highest BCUT2D eigenvalue weighted by Crippen LogP contribution is 2.14. The first-order valence-electron chi connectivity index (χ1n) is 6.65. The molecule has 2 rings (SSSR count). The summed E-state index contributed by atoms with van der Waals surface area (Å²) in [6.07, 6.45) is 1.65. The minimum atomic E-state index is -0.339. The summed E-state index contributed by atoms with van der Waals surface area (Å²) in [4.78, 5) is 12.2. The van der Waals surface area contributed by atoms with Gasteiger partial charge >= 0.3 is 0 Å². The summed E-state index contributed by atoms with van der Waals surface area (Å²) in [7, 11) is 0. The average Bonchev–Trinajstić information content (AvgIpc) is 2.94. The Morgan fingerprint density at radius 2 is 2.00 bits per heavy atom. The fourth-order valence-corrected chi connectivity index (χ4v) is 2.05. The summed E-state index contributed by atoms with van der Waals surface area (Å²) in [6, 6.07) is 9.54. The molecule has 1 aromatic carbocycles. The van der Waals surface area contributed by atoms with Crippen molar-refractivity contribution in [3.8, 4) is 0 Å². The van der Waals surface area contributed by atoms with Gasteiger partial charge in [0, 0.05) is 13.1 Å². The van der Waals surface area contributed by atoms with Crippen LogP contribution in [0, 0.1) is 0 Å². The van der Waals surface area contributed by atoms with E-state index in [1.54, 1.807) is 6.33 Å². The molecule has 1 atom stereocenters. The van der Waals surface area contributed by atoms with Crippen LogP contribution in [0.5, 0.6) is 0 Å². The van der Waals surface area contributed by atoms with Gasteiger partial charge in [0.1, 0.15) is 6.33 Å². The predicted molar refractivity (Wildman–Crippen MR) is 90.3 cm³/mol. The van der Waals surface area contributed by atoms with Gasteiger partial charge in [0.25, 0.3) is 0 Å². The van der Waals surface area contributed by atoms with Crippen molar-refractivity contribution < 1.29 is 4.79 Å². The van der Waals surface area contributed by atoms with Crippen LogP contribution in [0.3, 0.4) is 0 Å². The molecule has 2 aromatic rings. The Kier molecular flexibility index (Phi) is 9.40. The lowest BCUT2D eigenvalue weighted by atomic mass is 9.98. The summed E-state index contributed by atoms with van der Waals surface area (Å²) >= 11 is 0. The van der Waals surface area contributed by atoms with Crippen LogP contribution in [0.1, 0.15) is 24.2 Å². The number of aryl methyl sites for hydroxylation is 1. The van der Waals surface area contributed by atoms with Crippen molar-refractivity contribution in [2.75, 3.05) is 6.54 Å². The van der Waals surface area contributed by atoms with Gasteiger partial charge < -0.3 is 15.6 Å². The van der Waals surface area contributed by atoms with Crippen LogP contribution in [-0.2, 0) is 17.9 Å². The molecule has 0 aliphatic rings. The lowest BCUT2D eigenvalue weighted by molar-refractivity contribution is -0.122. The highest BCUT2D eigenvalue weighted by molar-refractivity contribution is 5.85. The van der Waals surface area contributed by atoms with Crippen LogP contribution in [0.2, 0.25) is 0 Å². The van der Waals surface area contributed by atoms with Gasteiger partial charge in [-0.3, -0.25) is 4.79 Å². The van der Waals surface area contributed by atoms with Crippen molar-refractivity contribution in [3.05, 3.63) is 48.0 Å². The molecule has 122 valence electrons. The van der Waals surface area contributed by atoms with Gasteiger partial charge in [0.15, 0.2) is 5.82 Å². The van der Waals surface area contributed by atoms with E-state index in [1.807, 2.05) is 41.8 Å². The lowest BCUT2D eigenvalue weighted by Crippen LogP contribution is -2.33. The zero-order valence-electron chi connectivity index (χ0n) is 12.3. The minimum absolute atomic E-state index is 0. The molecule has 0 saturated heterocycles. The second-order valence-corrected chi connectivity index (χ2v) is 4.45. The molecule has 8 heteroatoms. The van der Waals surface area contributed by atoms with Crippen molar-refractivity contribution in [3.63, 3.8) is 0 Å². The highest BCUT2D eigenvalue weighted by atomic mass is 35.5. The Hall–Kier alpha value is -1.63. The molecule has 22 heavy (non-hydrogen) atoms. The number of aromatic nitrogens is 3. The third-order valence-corrected chi connectivity index (χ3v) is 3.21. The van der Waals surface area contributed by atoms with Gasteiger partial charge in [-0.1, -0.05) is 30.3 Å². The number of rotatable bonds is 6. The fourth-order valence-electron chi connectivity index (χ4n) is 2.05. The molecule has 0 bridgehead atoms. The molecule has 1 unspecified atom stereocenters. The lowest BCUT2D eigenvalue weighted by Gasteiger charge is -2.15. The van der Waals surface area contributed by atoms with E-state index in [0.29, 0.717) is 6.54 Å². The Morgan fingerprint density at radius 1 is 1.32 bits per heavy atom. The molecule has 0 fully saturated rings. The van der Waals surface area contributed by atoms with Gasteiger partial charge in [0.05, 0.1) is 12.5 Å². The fraction of sp³-hybridized carbons (Fsp3) is 0.357. The number of nitrogens with one attached hydrogen (secondary N) is 1. The van der Waals surface area contributed by atoms with Gasteiger partial charge in [-0.05, 0) is 12.5 Å². The molecular weight excluding hydrogens is 325 g/mol. The number of halogens is 2. The first-order valence-corrected chi connectivity index (χ1v) is 6.65. The van der Waals surface area contributed by atoms with Crippen LogP contribution in [0.15, 0.2) is 36.7 Å². The van der Waals surface area contributed by atoms with E-state index in [-0.39, 0.29) is 43.2 Å². The van der Waals surface area contributed by atoms with Crippen LogP contribution in [-0.4, -0.2) is 27.2 Å². The van der Waals surface area contributed by atoms with Crippen molar-refractivity contribution in [2.45, 2.75) is 25.9 Å². The topological polar surface area (TPSA) is 85.8 Å². The molecule has 1 aromatic heterocycles. The maximum Gasteiger partial charge on any atom is 0.229 e. The SMILES string of the molecule is CCn1cnnc1CNC(=O)C(CN)c1ccccc1.Cl.Cl. The zero-order chi connectivity index (χ0) is 14.4. The van der Waals surface area contributed by atoms with Crippen LogP contribution in [0.25, 0.3) is 0 Å². The van der Waals surface area contributed by atoms with Crippen molar-refractivity contribution in [1.82, 2.24) is 20.1 Å². The number of nitrogens with zero attached hydrogens (tertiary/aromatic N) is 3. The average molecular weight is 346 g/mol. The number of benzene rings is 1. The number of hydrogen-bond donors (Lipinski definition) is 2. The Morgan fingerprint density at radius 3 is 2.59 bits per heavy atom. The smallest absolute Gasteiger partial charge is 0.229 e. The second kappa shape index (κ2) is 10.2. The van der Waals surface area contributed by atoms with Gasteiger partial charge in [-0.2, -0.15) is 0 Å². The zero-order valence-corrected chi connectivity index (χ0v) is 13.9. The van der Waals surface area contributed by atoms with Crippen molar-refractivity contribution in [2.24, 2.45) is 5.73 Å². The summed E-state index contributed by atoms with van der Waals surface area (Å²) in [5, 5.41) is 10.7. The maximum absolute atomic E-state index is 12.2. The van der Waals surface area contributed by atoms with E-state index in [4.69, 9.17) is 5.73 Å². The first kappa shape index (κ1) is 20.4. The minimum Gasteiger partial charge on any atom is -0.348 e. The van der Waals surface area contributed by atoms with E-state index in [1.165, 1.54) is 0 Å². The number of nitrogens with two attached hydrogens (primary N) is 1. The molecule has 0 spiro atoms. The molecule has 0 saturated carbocycles. The third-order valence-electron chi connectivity index (χ3n) is 3.21. The summed E-state index contributed by atoms with van der Waals surface area (Å²) in [5.74, 6) is 0.309. The molecule has 0 aliphatic carbocycles. The largest absolute Gasteiger partial charge is 0.348 e. The van der Waals surface area contributed by atoms with E-state index >= 15 is 0 Å². The first-order chi connectivity index (χ1) is 9.76. The van der Waals surface area contributed by atoms with Gasteiger partial charge in [-0.25, -0.2) is 0 Å². The van der Waals surface area contributed by atoms with Crippen molar-refractivity contribution in [1.29, 1.82) is 0 Å². The highest BCUT2D eigenvalue weighted by Gasteiger charge is 2.18. The van der Waals surface area contributed by atoms with E-state index in [9.17, 15) is 4.79 Å². The number of carbonyl (C=O) groups is 1. The molecule has 1 amide bonds. The molecule has 6 nitrogen and oxygen atoms in total. The predicted octanol–water partition coefficient (Wildman–Crippen LogP) is 1.50. The summed E-state index contributed by atoms with van der Waals surface area (Å²) in [5.41, 5.74) is 6.64. The monoisotopic (exact) mass is 345 g/mol. The molecule has 0 radical (unpaired) electrons. The van der Waals surface area contributed by atoms with Crippen LogP contribution < -0.4 is 11.1 Å². The summed E-state index contributed by atoms with van der Waals surface area (Å²) in [6.45, 7) is 3.41. The second-order valence-electron chi connectivity index (χ2n) is 4.45. The van der Waals surface area contributed by atoms with Gasteiger partial charge in [0.2, 0.25) is 5.91 Å². The molecule has 0 aliphatic heterocycles. The standard InChI is InChI=1S/C14H19N5O.2ClH/c1-2-19-10-17-18-13(19)9-16-14(20)12(8-15)11-6-4-3-5-7-11;;/h3-7,10,12H,2,8-9,15H2,1H3,(H,16,20);2*1H. The Labute approximate surface area is 142 Å². The number of carbonyl (C=O) groups excluding carboxylic acids is 1. The molecule has 1 heterocycles. The van der Waals surface area contributed by atoms with Crippen LogP contribution in [0.4, 0.5) is 0 Å². The van der Waals surface area contributed by atoms with Gasteiger partial charge in [-0.15, -0.1) is 35.0 Å². The van der Waals surface area contributed by atoms with E-state index in [0.717, 1.165) is 17.9 Å². The quantitative estimate of drug-likeness (QED) is 0.830. The Balaban J connectivity index is 0.00000220. The maximum atomic E-state index is 12.2. The third kappa shape index (κ3) is 4.98. The van der Waals surface area contributed by atoms with E-state index in [2.05, 4.69) is 15.5 Å². The Bertz CT molecular complexity index is 561. The number of hydrogen-bond acceptors (Lipinski definition) is 4. The van der Waals surface area contributed by atoms with Crippen LogP contribution >= 0.6 is 24.8 Å². The number of amides is 1.